The molecule has 1 rings (SSSR count). The minimum atomic E-state index is -1.73. The molecule has 0 amide bonds. The molecule has 0 radical (unpaired) electrons. The van der Waals surface area contributed by atoms with Gasteiger partial charge in [0.15, 0.2) is 0 Å². The van der Waals surface area contributed by atoms with Crippen LogP contribution in [0.5, 0.6) is 0 Å². The van der Waals surface area contributed by atoms with Crippen molar-refractivity contribution in [1.82, 2.24) is 0 Å². The van der Waals surface area contributed by atoms with Gasteiger partial charge in [-0.15, -0.1) is 0 Å². The van der Waals surface area contributed by atoms with Crippen molar-refractivity contribution in [3.8, 4) is 0 Å². The van der Waals surface area contributed by atoms with E-state index in [4.69, 9.17) is 15.3 Å². The predicted molar refractivity (Wildman–Crippen MR) is 83.5 cm³/mol. The summed E-state index contributed by atoms with van der Waals surface area (Å²) in [6, 6.07) is 7.44. The monoisotopic (exact) mass is 519 g/mol. The van der Waals surface area contributed by atoms with Crippen LogP contribution >= 0.6 is 0 Å². The molecule has 0 saturated carbocycles. The fourth-order valence-corrected chi connectivity index (χ4v) is 1.45. The van der Waals surface area contributed by atoms with Crippen LogP contribution in [0.25, 0.3) is 0 Å². The van der Waals surface area contributed by atoms with Gasteiger partial charge in [-0.2, -0.15) is 0 Å². The van der Waals surface area contributed by atoms with Crippen LogP contribution in [-0.2, 0) is 25.8 Å². The summed E-state index contributed by atoms with van der Waals surface area (Å²) in [6.45, 7) is 6.75. The molecular formula is C14H30FGeHfO3-. The third-order valence-corrected chi connectivity index (χ3v) is 3.19. The summed E-state index contributed by atoms with van der Waals surface area (Å²) in [7, 11) is 0. The second kappa shape index (κ2) is 31.8. The Morgan fingerprint density at radius 1 is 0.850 bits per heavy atom. The Bertz CT molecular complexity index is 197. The van der Waals surface area contributed by atoms with Crippen molar-refractivity contribution >= 4 is 20.3 Å². The molecule has 0 aliphatic carbocycles. The molecule has 3 nitrogen and oxygen atoms in total. The van der Waals surface area contributed by atoms with Crippen molar-refractivity contribution in [2.24, 2.45) is 0 Å². The number of aliphatic hydroxyl groups excluding tert-OH is 3. The molecule has 0 atom stereocenters. The summed E-state index contributed by atoms with van der Waals surface area (Å²) in [4.78, 5) is 0. The van der Waals surface area contributed by atoms with Gasteiger partial charge < -0.3 is 15.3 Å². The molecule has 0 heterocycles. The Morgan fingerprint density at radius 2 is 1.10 bits per heavy atom. The third-order valence-electron chi connectivity index (χ3n) is 1.56. The molecule has 0 fully saturated rings. The second-order valence-electron chi connectivity index (χ2n) is 3.60. The minimum Gasteiger partial charge on any atom is 0 e. The van der Waals surface area contributed by atoms with Crippen LogP contribution in [-0.4, -0.2) is 51.0 Å². The Balaban J connectivity index is -0.0000000881. The van der Waals surface area contributed by atoms with E-state index in [2.05, 4.69) is 0 Å². The predicted octanol–water partition coefficient (Wildman–Crippen LogP) is 1.25. The normalized spacial score (nSPS) is 8.35. The van der Waals surface area contributed by atoms with Gasteiger partial charge in [-0.1, -0.05) is 20.8 Å². The molecule has 3 N–H and O–H groups in total. The van der Waals surface area contributed by atoms with Gasteiger partial charge in [0.25, 0.3) is 0 Å². The van der Waals surface area contributed by atoms with Crippen LogP contribution in [0, 0.1) is 0 Å². The maximum absolute atomic E-state index is 11.7. The van der Waals surface area contributed by atoms with E-state index >= 15 is 0 Å². The van der Waals surface area contributed by atoms with Crippen molar-refractivity contribution < 1.29 is 44.7 Å². The van der Waals surface area contributed by atoms with E-state index in [0.29, 0.717) is 19.8 Å². The van der Waals surface area contributed by atoms with E-state index in [1.807, 2.05) is 45.0 Å². The number of halogens is 1. The minimum absolute atomic E-state index is 0. The van der Waals surface area contributed by atoms with Crippen LogP contribution in [0.15, 0.2) is 24.3 Å². The van der Waals surface area contributed by atoms with Crippen molar-refractivity contribution in [2.75, 3.05) is 19.8 Å². The van der Waals surface area contributed by atoms with Crippen LogP contribution in [0.3, 0.4) is 0 Å². The summed E-state index contributed by atoms with van der Waals surface area (Å²) in [5.74, 6) is 0. The molecule has 0 aromatic heterocycles. The van der Waals surface area contributed by atoms with Crippen LogP contribution in [0.4, 0.5) is 3.50 Å². The molecule has 0 unspecified atom stereocenters. The van der Waals surface area contributed by atoms with Gasteiger partial charge in [0, 0.05) is 45.7 Å². The Labute approximate surface area is 148 Å². The molecule has 0 aliphatic heterocycles. The summed E-state index contributed by atoms with van der Waals surface area (Å²) >= 11 is -1.73. The molecule has 1 aromatic carbocycles. The summed E-state index contributed by atoms with van der Waals surface area (Å²) in [5.41, 5.74) is 0. The van der Waals surface area contributed by atoms with Crippen molar-refractivity contribution in [3.63, 3.8) is 0 Å². The van der Waals surface area contributed by atoms with E-state index in [1.165, 1.54) is 0 Å². The van der Waals surface area contributed by atoms with Crippen LogP contribution in [0.1, 0.15) is 40.0 Å². The van der Waals surface area contributed by atoms with Gasteiger partial charge in [0.2, 0.25) is 0 Å². The third kappa shape index (κ3) is 36.3. The van der Waals surface area contributed by atoms with Gasteiger partial charge in [-0.3, -0.25) is 0 Å². The van der Waals surface area contributed by atoms with Gasteiger partial charge in [0.05, 0.1) is 0 Å². The summed E-state index contributed by atoms with van der Waals surface area (Å²) in [6.07, 6.45) is 2.62. The zero-order chi connectivity index (χ0) is 15.4. The number of rotatable bonds is 4. The van der Waals surface area contributed by atoms with Gasteiger partial charge in [0.1, 0.15) is 0 Å². The van der Waals surface area contributed by atoms with E-state index in [0.717, 1.165) is 23.7 Å². The smallest absolute Gasteiger partial charge is 0 e. The molecule has 0 saturated heterocycles. The maximum atomic E-state index is 11.7. The van der Waals surface area contributed by atoms with E-state index in [9.17, 15) is 3.50 Å². The molecule has 6 heteroatoms. The first-order chi connectivity index (χ1) is 9.17. The molecule has 0 spiro atoms. The molecule has 20 heavy (non-hydrogen) atoms. The Morgan fingerprint density at radius 3 is 1.20 bits per heavy atom. The molecule has 1 aromatic rings. The topological polar surface area (TPSA) is 60.7 Å². The van der Waals surface area contributed by atoms with Gasteiger partial charge in [-0.05, 0) is 19.3 Å². The number of hydrogen-bond donors (Lipinski definition) is 3. The number of hydrogen-bond acceptors (Lipinski definition) is 3. The quantitative estimate of drug-likeness (QED) is 0.417. The number of aliphatic hydroxyl groups is 3. The van der Waals surface area contributed by atoms with E-state index in [1.54, 1.807) is 0 Å². The zero-order valence-electron chi connectivity index (χ0n) is 13.0. The first-order valence-corrected chi connectivity index (χ1v) is 9.37. The Kier molecular flexibility index (Phi) is 45.6. The maximum Gasteiger partial charge on any atom is 0 e. The first kappa shape index (κ1) is 28.7. The fourth-order valence-electron chi connectivity index (χ4n) is 0.503. The summed E-state index contributed by atoms with van der Waals surface area (Å²) in [5, 5.41) is 23.6. The second-order valence-corrected chi connectivity index (χ2v) is 5.87. The molecular weight excluding hydrogens is 486 g/mol. The van der Waals surface area contributed by atoms with Gasteiger partial charge >= 0.3 is 48.1 Å². The largest absolute Gasteiger partial charge is 0 e. The van der Waals surface area contributed by atoms with Crippen LogP contribution < -0.4 is 4.40 Å². The van der Waals surface area contributed by atoms with Crippen LogP contribution in [0.2, 0.25) is 0 Å². The van der Waals surface area contributed by atoms with Crippen molar-refractivity contribution in [3.05, 3.63) is 24.3 Å². The van der Waals surface area contributed by atoms with E-state index in [-0.39, 0.29) is 25.8 Å². The van der Waals surface area contributed by atoms with Crippen molar-refractivity contribution in [1.29, 1.82) is 0 Å². The molecule has 0 aliphatic rings. The zero-order valence-corrected chi connectivity index (χ0v) is 19.5. The SMILES string of the molecule is CCCO.CCCO.CCCO.[F][GeH2][c-]1cccc1.[Hf]. The van der Waals surface area contributed by atoms with Crippen molar-refractivity contribution in [2.45, 2.75) is 40.0 Å². The average Bonchev–Trinajstić information content (AvgIpc) is 3.01. The fraction of sp³-hybridized carbons (Fsp3) is 0.643. The molecule has 0 bridgehead atoms. The van der Waals surface area contributed by atoms with E-state index < -0.39 is 15.9 Å². The van der Waals surface area contributed by atoms with Gasteiger partial charge in [-0.25, -0.2) is 0 Å². The standard InChI is InChI=1S/C5H6FGe.3C3H8O.Hf/c6-7-5-3-1-2-4-5;3*1-2-3-4;/h1-4H,7H2;3*4H,2-3H2,1H3;/q-1;;;;. The first-order valence-electron chi connectivity index (χ1n) is 6.77. The summed E-state index contributed by atoms with van der Waals surface area (Å²) < 4.78 is 12.7. The molecule has 120 valence electrons. The average molecular weight is 516 g/mol. The Hall–Kier alpha value is 0.573.